The highest BCUT2D eigenvalue weighted by Crippen LogP contribution is 2.32. The van der Waals surface area contributed by atoms with E-state index in [-0.39, 0.29) is 5.91 Å². The number of hydrogen-bond donors (Lipinski definition) is 1. The Labute approximate surface area is 182 Å². The Morgan fingerprint density at radius 2 is 2.10 bits per heavy atom. The minimum atomic E-state index is -0.580. The predicted molar refractivity (Wildman–Crippen MR) is 117 cm³/mol. The summed E-state index contributed by atoms with van der Waals surface area (Å²) < 4.78 is 7.52. The topological polar surface area (TPSA) is 103 Å². The summed E-state index contributed by atoms with van der Waals surface area (Å²) in [6.07, 6.45) is 4.32. The molecule has 0 aliphatic carbocycles. The zero-order valence-electron chi connectivity index (χ0n) is 16.7. The first-order valence-corrected chi connectivity index (χ1v) is 10.1. The number of nitrogens with zero attached hydrogens (tertiary/aromatic N) is 4. The lowest BCUT2D eigenvalue weighted by atomic mass is 10.2. The van der Waals surface area contributed by atoms with Crippen molar-refractivity contribution in [1.29, 1.82) is 0 Å². The van der Waals surface area contributed by atoms with E-state index in [2.05, 4.69) is 26.0 Å². The molecule has 0 spiro atoms. The molecule has 9 heteroatoms. The number of carbonyl (C=O) groups excluding carboxylic acids is 2. The fourth-order valence-electron chi connectivity index (χ4n) is 2.90. The van der Waals surface area contributed by atoms with Gasteiger partial charge in [-0.05, 0) is 42.8 Å². The van der Waals surface area contributed by atoms with Crippen LogP contribution in [0.5, 0.6) is 5.75 Å². The second kappa shape index (κ2) is 9.53. The summed E-state index contributed by atoms with van der Waals surface area (Å²) in [5, 5.41) is 3.85. The summed E-state index contributed by atoms with van der Waals surface area (Å²) in [7, 11) is 1.77. The van der Waals surface area contributed by atoms with Crippen molar-refractivity contribution < 1.29 is 14.3 Å². The van der Waals surface area contributed by atoms with Crippen LogP contribution in [0.3, 0.4) is 0 Å². The number of aromatic nitrogens is 3. The van der Waals surface area contributed by atoms with Crippen LogP contribution < -0.4 is 15.4 Å². The first kappa shape index (κ1) is 21.5. The third-order valence-electron chi connectivity index (χ3n) is 4.42. The highest BCUT2D eigenvalue weighted by molar-refractivity contribution is 9.10. The molecular formula is C21H22BrN5O3. The van der Waals surface area contributed by atoms with Gasteiger partial charge in [-0.15, -0.1) is 0 Å². The number of fused-ring (bicyclic) bond motifs is 1. The Kier molecular flexibility index (Phi) is 6.83. The number of benzene rings is 1. The molecule has 4 rings (SSSR count). The molecule has 156 valence electrons. The Bertz CT molecular complexity index is 1070. The molecule has 1 aromatic carbocycles. The molecule has 2 amide bonds. The van der Waals surface area contributed by atoms with Gasteiger partial charge in [0.25, 0.3) is 0 Å². The normalized spacial score (nSPS) is 12.9. The van der Waals surface area contributed by atoms with E-state index in [9.17, 15) is 9.59 Å². The maximum atomic E-state index is 11.5. The molecule has 2 aromatic heterocycles. The third kappa shape index (κ3) is 5.44. The fraction of sp³-hybridized carbons (Fsp3) is 0.238. The van der Waals surface area contributed by atoms with Gasteiger partial charge >= 0.3 is 6.03 Å². The molecule has 0 bridgehead atoms. The molecule has 0 unspecified atom stereocenters. The van der Waals surface area contributed by atoms with Gasteiger partial charge in [-0.3, -0.25) is 9.78 Å². The van der Waals surface area contributed by atoms with Crippen LogP contribution >= 0.6 is 15.9 Å². The Morgan fingerprint density at radius 3 is 2.80 bits per heavy atom. The second-order valence-electron chi connectivity index (χ2n) is 6.74. The first-order valence-electron chi connectivity index (χ1n) is 9.28. The first-order chi connectivity index (χ1) is 14.3. The smallest absolute Gasteiger partial charge is 0.339 e. The van der Waals surface area contributed by atoms with Crippen molar-refractivity contribution in [3.8, 4) is 5.75 Å². The van der Waals surface area contributed by atoms with E-state index >= 15 is 0 Å². The van der Waals surface area contributed by atoms with Gasteiger partial charge in [0, 0.05) is 35.5 Å². The SMILES string of the molecule is CN1C(=O)CCOc2ccc(Br)cc21.Cc1cccc(Cc2cnn(C(N)=O)c2)n1. The van der Waals surface area contributed by atoms with E-state index in [1.807, 2.05) is 43.3 Å². The third-order valence-corrected chi connectivity index (χ3v) is 4.92. The van der Waals surface area contributed by atoms with Crippen molar-refractivity contribution in [2.45, 2.75) is 19.8 Å². The quantitative estimate of drug-likeness (QED) is 0.617. The van der Waals surface area contributed by atoms with Crippen molar-refractivity contribution in [3.05, 3.63) is 70.2 Å². The zero-order valence-corrected chi connectivity index (χ0v) is 18.3. The number of carbonyl (C=O) groups is 2. The molecule has 2 N–H and O–H groups in total. The standard InChI is InChI=1S/C11H12N4O.C10H10BrNO2/c1-8-3-2-4-10(14-8)5-9-6-13-15(7-9)11(12)16;1-12-8-6-7(11)2-3-9(8)14-5-4-10(12)13/h2-4,6-7H,5H2,1H3,(H2,12,16);2-3,6H,4-5H2,1H3. The van der Waals surface area contributed by atoms with Crippen LogP contribution in [0.1, 0.15) is 23.4 Å². The number of ether oxygens (including phenoxy) is 1. The average Bonchev–Trinajstić information content (AvgIpc) is 3.12. The molecule has 3 heterocycles. The lowest BCUT2D eigenvalue weighted by Crippen LogP contribution is -2.25. The van der Waals surface area contributed by atoms with Crippen molar-refractivity contribution in [2.24, 2.45) is 5.73 Å². The average molecular weight is 472 g/mol. The van der Waals surface area contributed by atoms with Crippen LogP contribution in [0.2, 0.25) is 0 Å². The van der Waals surface area contributed by atoms with E-state index in [0.717, 1.165) is 37.5 Å². The molecular weight excluding hydrogens is 450 g/mol. The van der Waals surface area contributed by atoms with Crippen LogP contribution in [0, 0.1) is 6.92 Å². The van der Waals surface area contributed by atoms with Gasteiger partial charge < -0.3 is 15.4 Å². The van der Waals surface area contributed by atoms with Gasteiger partial charge in [0.05, 0.1) is 24.9 Å². The molecule has 0 saturated heterocycles. The number of primary amides is 1. The number of pyridine rings is 1. The minimum absolute atomic E-state index is 0.0850. The van der Waals surface area contributed by atoms with Crippen LogP contribution in [0.15, 0.2) is 53.3 Å². The number of anilines is 1. The lowest BCUT2D eigenvalue weighted by Gasteiger charge is -2.16. The number of amides is 2. The number of halogens is 1. The van der Waals surface area contributed by atoms with Gasteiger partial charge in [0.2, 0.25) is 5.91 Å². The summed E-state index contributed by atoms with van der Waals surface area (Å²) in [5.41, 5.74) is 8.75. The largest absolute Gasteiger partial charge is 0.491 e. The Hall–Kier alpha value is -3.20. The van der Waals surface area contributed by atoms with Crippen LogP contribution in [-0.4, -0.2) is 40.4 Å². The molecule has 3 aromatic rings. The zero-order chi connectivity index (χ0) is 21.7. The lowest BCUT2D eigenvalue weighted by molar-refractivity contribution is -0.118. The molecule has 0 fully saturated rings. The Morgan fingerprint density at radius 1 is 1.30 bits per heavy atom. The molecule has 1 aliphatic heterocycles. The molecule has 1 aliphatic rings. The molecule has 0 saturated carbocycles. The van der Waals surface area contributed by atoms with Crippen molar-refractivity contribution in [3.63, 3.8) is 0 Å². The summed E-state index contributed by atoms with van der Waals surface area (Å²) in [5.74, 6) is 0.850. The molecule has 0 atom stereocenters. The van der Waals surface area contributed by atoms with Crippen LogP contribution in [0.25, 0.3) is 0 Å². The van der Waals surface area contributed by atoms with E-state index in [1.54, 1.807) is 24.3 Å². The summed E-state index contributed by atoms with van der Waals surface area (Å²) >= 11 is 3.37. The van der Waals surface area contributed by atoms with Crippen LogP contribution in [-0.2, 0) is 11.2 Å². The minimum Gasteiger partial charge on any atom is -0.491 e. The fourth-order valence-corrected chi connectivity index (χ4v) is 3.25. The summed E-state index contributed by atoms with van der Waals surface area (Å²) in [6.45, 7) is 2.40. The highest BCUT2D eigenvalue weighted by Gasteiger charge is 2.19. The van der Waals surface area contributed by atoms with Crippen molar-refractivity contribution in [2.75, 3.05) is 18.6 Å². The number of nitrogens with two attached hydrogens (primary N) is 1. The number of hydrogen-bond acceptors (Lipinski definition) is 5. The van der Waals surface area contributed by atoms with E-state index < -0.39 is 6.03 Å². The van der Waals surface area contributed by atoms with E-state index in [4.69, 9.17) is 10.5 Å². The van der Waals surface area contributed by atoms with Gasteiger partial charge in [-0.1, -0.05) is 22.0 Å². The molecule has 0 radical (unpaired) electrons. The summed E-state index contributed by atoms with van der Waals surface area (Å²) in [4.78, 5) is 28.3. The van der Waals surface area contributed by atoms with Gasteiger partial charge in [-0.2, -0.15) is 9.78 Å². The monoisotopic (exact) mass is 471 g/mol. The molecule has 30 heavy (non-hydrogen) atoms. The van der Waals surface area contributed by atoms with Gasteiger partial charge in [-0.25, -0.2) is 4.79 Å². The van der Waals surface area contributed by atoms with E-state index in [1.165, 1.54) is 0 Å². The Balaban J connectivity index is 0.000000172. The highest BCUT2D eigenvalue weighted by atomic mass is 79.9. The van der Waals surface area contributed by atoms with Crippen molar-refractivity contribution in [1.82, 2.24) is 14.8 Å². The summed E-state index contributed by atoms with van der Waals surface area (Å²) in [6, 6.07) is 10.9. The second-order valence-corrected chi connectivity index (χ2v) is 7.66. The van der Waals surface area contributed by atoms with Crippen molar-refractivity contribution >= 4 is 33.6 Å². The van der Waals surface area contributed by atoms with Crippen LogP contribution in [0.4, 0.5) is 10.5 Å². The van der Waals surface area contributed by atoms with E-state index in [0.29, 0.717) is 19.4 Å². The number of aryl methyl sites for hydroxylation is 1. The van der Waals surface area contributed by atoms with Gasteiger partial charge in [0.1, 0.15) is 5.75 Å². The molecule has 8 nitrogen and oxygen atoms in total. The predicted octanol–water partition coefficient (Wildman–Crippen LogP) is 3.30. The maximum absolute atomic E-state index is 11.5. The number of rotatable bonds is 2. The maximum Gasteiger partial charge on any atom is 0.339 e. The van der Waals surface area contributed by atoms with Gasteiger partial charge in [0.15, 0.2) is 0 Å².